The standard InChI is InChI=1S/C13H17N3O4/c17-13(18)10-3-1-9(2-4-10)7-15-11-5-6-14-8-12(11)16(19)20/h5-6,8-10H,1-4,7H2,(H,14,15)(H,17,18). The van der Waals surface area contributed by atoms with Crippen molar-refractivity contribution in [2.45, 2.75) is 25.7 Å². The highest BCUT2D eigenvalue weighted by atomic mass is 16.6. The predicted octanol–water partition coefficient (Wildman–Crippen LogP) is 2.29. The summed E-state index contributed by atoms with van der Waals surface area (Å²) in [6, 6.07) is 1.58. The molecule has 7 heteroatoms. The van der Waals surface area contributed by atoms with Gasteiger partial charge in [-0.1, -0.05) is 0 Å². The van der Waals surface area contributed by atoms with E-state index in [1.165, 1.54) is 12.4 Å². The van der Waals surface area contributed by atoms with Gasteiger partial charge in [0.25, 0.3) is 0 Å². The maximum absolute atomic E-state index is 10.9. The molecule has 0 saturated heterocycles. The number of carboxylic acid groups (broad SMARTS) is 1. The Morgan fingerprint density at radius 1 is 1.45 bits per heavy atom. The van der Waals surface area contributed by atoms with Crippen molar-refractivity contribution in [2.24, 2.45) is 11.8 Å². The van der Waals surface area contributed by atoms with Gasteiger partial charge in [0.1, 0.15) is 11.9 Å². The topological polar surface area (TPSA) is 105 Å². The van der Waals surface area contributed by atoms with Crippen molar-refractivity contribution in [2.75, 3.05) is 11.9 Å². The summed E-state index contributed by atoms with van der Waals surface area (Å²) in [5.74, 6) is -0.596. The van der Waals surface area contributed by atoms with Gasteiger partial charge in [-0.25, -0.2) is 0 Å². The van der Waals surface area contributed by atoms with Crippen LogP contribution in [0.25, 0.3) is 0 Å². The lowest BCUT2D eigenvalue weighted by Crippen LogP contribution is -2.25. The molecule has 1 aromatic heterocycles. The summed E-state index contributed by atoms with van der Waals surface area (Å²) in [5, 5.41) is 22.9. The lowest BCUT2D eigenvalue weighted by molar-refractivity contribution is -0.384. The number of carbonyl (C=O) groups is 1. The first-order valence-corrected chi connectivity index (χ1v) is 6.63. The number of nitro groups is 1. The van der Waals surface area contributed by atoms with Gasteiger partial charge >= 0.3 is 11.7 Å². The highest BCUT2D eigenvalue weighted by molar-refractivity contribution is 5.70. The molecule has 1 aliphatic carbocycles. The molecule has 0 bridgehead atoms. The molecule has 1 saturated carbocycles. The lowest BCUT2D eigenvalue weighted by atomic mass is 9.82. The molecule has 0 amide bonds. The predicted molar refractivity (Wildman–Crippen MR) is 72.5 cm³/mol. The number of hydrogen-bond acceptors (Lipinski definition) is 5. The minimum atomic E-state index is -0.721. The maximum Gasteiger partial charge on any atom is 0.310 e. The van der Waals surface area contributed by atoms with Crippen molar-refractivity contribution >= 4 is 17.3 Å². The van der Waals surface area contributed by atoms with Gasteiger partial charge in [-0.05, 0) is 37.7 Å². The first kappa shape index (κ1) is 14.2. The molecule has 1 heterocycles. The van der Waals surface area contributed by atoms with E-state index in [9.17, 15) is 14.9 Å². The molecule has 20 heavy (non-hydrogen) atoms. The molecular weight excluding hydrogens is 262 g/mol. The summed E-state index contributed by atoms with van der Waals surface area (Å²) < 4.78 is 0. The fourth-order valence-electron chi connectivity index (χ4n) is 2.55. The van der Waals surface area contributed by atoms with Crippen molar-refractivity contribution in [3.63, 3.8) is 0 Å². The molecule has 1 aromatic rings. The molecule has 0 radical (unpaired) electrons. The second kappa shape index (κ2) is 6.31. The van der Waals surface area contributed by atoms with Crippen LogP contribution in [0, 0.1) is 22.0 Å². The second-order valence-corrected chi connectivity index (χ2v) is 5.09. The van der Waals surface area contributed by atoms with Gasteiger partial charge in [-0.2, -0.15) is 0 Å². The van der Waals surface area contributed by atoms with E-state index in [0.29, 0.717) is 31.0 Å². The number of anilines is 1. The van der Waals surface area contributed by atoms with E-state index in [-0.39, 0.29) is 11.6 Å². The van der Waals surface area contributed by atoms with Gasteiger partial charge in [0, 0.05) is 12.7 Å². The number of aliphatic carboxylic acids is 1. The normalized spacial score (nSPS) is 22.2. The summed E-state index contributed by atoms with van der Waals surface area (Å²) in [6.45, 7) is 0.622. The van der Waals surface area contributed by atoms with Crippen LogP contribution in [0.1, 0.15) is 25.7 Å². The lowest BCUT2D eigenvalue weighted by Gasteiger charge is -2.26. The molecule has 2 N–H and O–H groups in total. The van der Waals surface area contributed by atoms with Crippen LogP contribution in [0.15, 0.2) is 18.5 Å². The summed E-state index contributed by atoms with van der Waals surface area (Å²) in [5.41, 5.74) is 0.428. The van der Waals surface area contributed by atoms with Crippen LogP contribution in [0.3, 0.4) is 0 Å². The summed E-state index contributed by atoms with van der Waals surface area (Å²) >= 11 is 0. The third kappa shape index (κ3) is 3.43. The maximum atomic E-state index is 10.9. The zero-order chi connectivity index (χ0) is 14.5. The molecular formula is C13H17N3O4. The second-order valence-electron chi connectivity index (χ2n) is 5.09. The van der Waals surface area contributed by atoms with E-state index in [4.69, 9.17) is 5.11 Å². The number of nitrogens with one attached hydrogen (secondary N) is 1. The summed E-state index contributed by atoms with van der Waals surface area (Å²) in [7, 11) is 0. The summed E-state index contributed by atoms with van der Waals surface area (Å²) in [6.07, 6.45) is 5.77. The average molecular weight is 279 g/mol. The van der Waals surface area contributed by atoms with E-state index in [0.717, 1.165) is 12.8 Å². The third-order valence-electron chi connectivity index (χ3n) is 3.77. The summed E-state index contributed by atoms with van der Waals surface area (Å²) in [4.78, 5) is 25.0. The van der Waals surface area contributed by atoms with Gasteiger partial charge in [0.05, 0.1) is 10.8 Å². The third-order valence-corrected chi connectivity index (χ3v) is 3.77. The van der Waals surface area contributed by atoms with Gasteiger partial charge in [-0.3, -0.25) is 19.9 Å². The number of nitrogens with zero attached hydrogens (tertiary/aromatic N) is 2. The van der Waals surface area contributed by atoms with Crippen LogP contribution in [0.5, 0.6) is 0 Å². The van der Waals surface area contributed by atoms with Crippen LogP contribution in [-0.2, 0) is 4.79 Å². The average Bonchev–Trinajstić information content (AvgIpc) is 2.45. The minimum Gasteiger partial charge on any atom is -0.481 e. The van der Waals surface area contributed by atoms with Crippen LogP contribution in [0.4, 0.5) is 11.4 Å². The number of aromatic nitrogens is 1. The van der Waals surface area contributed by atoms with Crippen molar-refractivity contribution in [3.05, 3.63) is 28.6 Å². The highest BCUT2D eigenvalue weighted by Crippen LogP contribution is 2.30. The Morgan fingerprint density at radius 2 is 2.15 bits per heavy atom. The van der Waals surface area contributed by atoms with E-state index in [2.05, 4.69) is 10.3 Å². The monoisotopic (exact) mass is 279 g/mol. The van der Waals surface area contributed by atoms with E-state index in [1.807, 2.05) is 0 Å². The Balaban J connectivity index is 1.88. The molecule has 0 atom stereocenters. The first-order chi connectivity index (χ1) is 9.58. The number of rotatable bonds is 5. The van der Waals surface area contributed by atoms with Crippen molar-refractivity contribution in [1.29, 1.82) is 0 Å². The molecule has 1 fully saturated rings. The molecule has 0 unspecified atom stereocenters. The molecule has 0 spiro atoms. The Labute approximate surface area is 116 Å². The van der Waals surface area contributed by atoms with Gasteiger partial charge in [0.2, 0.25) is 0 Å². The van der Waals surface area contributed by atoms with E-state index >= 15 is 0 Å². The largest absolute Gasteiger partial charge is 0.481 e. The number of hydrogen-bond donors (Lipinski definition) is 2. The Bertz CT molecular complexity index is 498. The van der Waals surface area contributed by atoms with E-state index < -0.39 is 10.9 Å². The Morgan fingerprint density at radius 3 is 2.75 bits per heavy atom. The van der Waals surface area contributed by atoms with E-state index in [1.54, 1.807) is 6.07 Å². The van der Waals surface area contributed by atoms with Crippen molar-refractivity contribution < 1.29 is 14.8 Å². The van der Waals surface area contributed by atoms with Crippen LogP contribution < -0.4 is 5.32 Å². The molecule has 2 rings (SSSR count). The minimum absolute atomic E-state index is 0.0354. The molecule has 7 nitrogen and oxygen atoms in total. The van der Waals surface area contributed by atoms with Gasteiger partial charge in [0.15, 0.2) is 0 Å². The fourth-order valence-corrected chi connectivity index (χ4v) is 2.55. The fraction of sp³-hybridized carbons (Fsp3) is 0.538. The molecule has 108 valence electrons. The van der Waals surface area contributed by atoms with Crippen LogP contribution >= 0.6 is 0 Å². The highest BCUT2D eigenvalue weighted by Gasteiger charge is 2.26. The zero-order valence-corrected chi connectivity index (χ0v) is 11.0. The smallest absolute Gasteiger partial charge is 0.310 e. The van der Waals surface area contributed by atoms with Gasteiger partial charge < -0.3 is 10.4 Å². The zero-order valence-electron chi connectivity index (χ0n) is 11.0. The Kier molecular flexibility index (Phi) is 4.49. The quantitative estimate of drug-likeness (QED) is 0.632. The first-order valence-electron chi connectivity index (χ1n) is 6.63. The molecule has 0 aromatic carbocycles. The van der Waals surface area contributed by atoms with Gasteiger partial charge in [-0.15, -0.1) is 0 Å². The van der Waals surface area contributed by atoms with Crippen LogP contribution in [-0.4, -0.2) is 27.5 Å². The number of pyridine rings is 1. The Hall–Kier alpha value is -2.18. The number of carboxylic acids is 1. The van der Waals surface area contributed by atoms with Crippen molar-refractivity contribution in [3.8, 4) is 0 Å². The van der Waals surface area contributed by atoms with Crippen LogP contribution in [0.2, 0.25) is 0 Å². The van der Waals surface area contributed by atoms with Crippen molar-refractivity contribution in [1.82, 2.24) is 4.98 Å². The SMILES string of the molecule is O=C(O)C1CCC(CNc2ccncc2[N+](=O)[O-])CC1. The molecule has 0 aliphatic heterocycles. The molecule has 1 aliphatic rings.